The van der Waals surface area contributed by atoms with E-state index in [4.69, 9.17) is 4.74 Å². The predicted octanol–water partition coefficient (Wildman–Crippen LogP) is 1.66. The monoisotopic (exact) mass is 298 g/mol. The van der Waals surface area contributed by atoms with Crippen LogP contribution < -0.4 is 0 Å². The SMILES string of the molecule is O=C(c1ccc(-n2ccnn2)cc1)N1CCOC2(CCC2)C1. The maximum atomic E-state index is 12.7. The summed E-state index contributed by atoms with van der Waals surface area (Å²) < 4.78 is 7.55. The molecule has 0 N–H and O–H groups in total. The molecule has 0 unspecified atom stereocenters. The first-order valence-electron chi connectivity index (χ1n) is 7.66. The number of nitrogens with zero attached hydrogens (tertiary/aromatic N) is 4. The highest BCUT2D eigenvalue weighted by atomic mass is 16.5. The third-order valence-electron chi connectivity index (χ3n) is 4.60. The molecule has 2 aliphatic rings. The quantitative estimate of drug-likeness (QED) is 0.846. The molecule has 0 atom stereocenters. The first-order valence-corrected chi connectivity index (χ1v) is 7.66. The molecule has 1 aromatic heterocycles. The number of ether oxygens (including phenoxy) is 1. The van der Waals surface area contributed by atoms with Gasteiger partial charge in [-0.05, 0) is 43.5 Å². The van der Waals surface area contributed by atoms with E-state index < -0.39 is 0 Å². The minimum absolute atomic E-state index is 0.0609. The van der Waals surface area contributed by atoms with Crippen molar-refractivity contribution in [1.82, 2.24) is 19.9 Å². The highest BCUT2D eigenvalue weighted by Gasteiger charge is 2.43. The van der Waals surface area contributed by atoms with Gasteiger partial charge in [-0.1, -0.05) is 5.21 Å². The molecule has 1 aromatic carbocycles. The summed E-state index contributed by atoms with van der Waals surface area (Å²) in [4.78, 5) is 14.6. The number of rotatable bonds is 2. The van der Waals surface area contributed by atoms with E-state index in [0.717, 1.165) is 25.1 Å². The summed E-state index contributed by atoms with van der Waals surface area (Å²) in [5.74, 6) is 0.0831. The van der Waals surface area contributed by atoms with E-state index in [-0.39, 0.29) is 11.5 Å². The smallest absolute Gasteiger partial charge is 0.254 e. The van der Waals surface area contributed by atoms with Crippen LogP contribution in [0.3, 0.4) is 0 Å². The fourth-order valence-corrected chi connectivity index (χ4v) is 3.18. The van der Waals surface area contributed by atoms with Crippen LogP contribution >= 0.6 is 0 Å². The summed E-state index contributed by atoms with van der Waals surface area (Å²) in [7, 11) is 0. The van der Waals surface area contributed by atoms with Crippen LogP contribution in [0.1, 0.15) is 29.6 Å². The molecule has 0 bridgehead atoms. The molecule has 6 heteroatoms. The lowest BCUT2D eigenvalue weighted by atomic mass is 9.79. The Kier molecular flexibility index (Phi) is 3.18. The Labute approximate surface area is 128 Å². The van der Waals surface area contributed by atoms with Crippen LogP contribution in [-0.4, -0.2) is 51.1 Å². The lowest BCUT2D eigenvalue weighted by molar-refractivity contribution is -0.142. The average molecular weight is 298 g/mol. The second kappa shape index (κ2) is 5.21. The minimum atomic E-state index is -0.0609. The first-order chi connectivity index (χ1) is 10.8. The first kappa shape index (κ1) is 13.5. The molecular weight excluding hydrogens is 280 g/mol. The summed E-state index contributed by atoms with van der Waals surface area (Å²) in [6, 6.07) is 7.48. The van der Waals surface area contributed by atoms with Gasteiger partial charge in [-0.3, -0.25) is 4.79 Å². The molecule has 1 saturated carbocycles. The van der Waals surface area contributed by atoms with Gasteiger partial charge in [0.2, 0.25) is 0 Å². The van der Waals surface area contributed by atoms with E-state index in [0.29, 0.717) is 18.7 Å². The normalized spacial score (nSPS) is 19.9. The van der Waals surface area contributed by atoms with Gasteiger partial charge in [0.05, 0.1) is 36.8 Å². The predicted molar refractivity (Wildman–Crippen MR) is 79.8 cm³/mol. The van der Waals surface area contributed by atoms with Crippen LogP contribution in [0.15, 0.2) is 36.7 Å². The van der Waals surface area contributed by atoms with Gasteiger partial charge in [0.1, 0.15) is 0 Å². The molecule has 114 valence electrons. The summed E-state index contributed by atoms with van der Waals surface area (Å²) in [6.07, 6.45) is 6.75. The molecule has 1 amide bonds. The number of hydrogen-bond acceptors (Lipinski definition) is 4. The van der Waals surface area contributed by atoms with Crippen molar-refractivity contribution in [3.63, 3.8) is 0 Å². The number of amides is 1. The van der Waals surface area contributed by atoms with Crippen molar-refractivity contribution in [1.29, 1.82) is 0 Å². The molecule has 1 aliphatic carbocycles. The number of aromatic nitrogens is 3. The lowest BCUT2D eigenvalue weighted by Gasteiger charge is -2.48. The number of hydrogen-bond donors (Lipinski definition) is 0. The molecule has 22 heavy (non-hydrogen) atoms. The van der Waals surface area contributed by atoms with Crippen molar-refractivity contribution >= 4 is 5.91 Å². The van der Waals surface area contributed by atoms with Crippen molar-refractivity contribution in [3.05, 3.63) is 42.2 Å². The van der Waals surface area contributed by atoms with Crippen LogP contribution in [0, 0.1) is 0 Å². The van der Waals surface area contributed by atoms with Crippen molar-refractivity contribution in [2.75, 3.05) is 19.7 Å². The maximum absolute atomic E-state index is 12.7. The van der Waals surface area contributed by atoms with Gasteiger partial charge in [-0.25, -0.2) is 4.68 Å². The van der Waals surface area contributed by atoms with Gasteiger partial charge >= 0.3 is 0 Å². The highest BCUT2D eigenvalue weighted by molar-refractivity contribution is 5.94. The Morgan fingerprint density at radius 1 is 1.23 bits per heavy atom. The summed E-state index contributed by atoms with van der Waals surface area (Å²) >= 11 is 0. The van der Waals surface area contributed by atoms with Gasteiger partial charge in [0.25, 0.3) is 5.91 Å². The van der Waals surface area contributed by atoms with Gasteiger partial charge in [-0.2, -0.15) is 0 Å². The molecule has 1 saturated heterocycles. The lowest BCUT2D eigenvalue weighted by Crippen LogP contribution is -2.57. The standard InChI is InChI=1S/C16H18N4O2/c21-15(19-10-11-22-16(12-19)6-1-7-16)13-2-4-14(5-3-13)20-9-8-17-18-20/h2-5,8-9H,1,6-7,10-12H2. The zero-order valence-corrected chi connectivity index (χ0v) is 12.3. The minimum Gasteiger partial charge on any atom is -0.371 e. The highest BCUT2D eigenvalue weighted by Crippen LogP contribution is 2.38. The third kappa shape index (κ3) is 2.29. The fourth-order valence-electron chi connectivity index (χ4n) is 3.18. The molecule has 1 spiro atoms. The maximum Gasteiger partial charge on any atom is 0.254 e. The molecular formula is C16H18N4O2. The molecule has 2 aromatic rings. The Hall–Kier alpha value is -2.21. The van der Waals surface area contributed by atoms with Crippen molar-refractivity contribution in [3.8, 4) is 5.69 Å². The van der Waals surface area contributed by atoms with Gasteiger partial charge in [-0.15, -0.1) is 5.10 Å². The summed E-state index contributed by atoms with van der Waals surface area (Å²) in [6.45, 7) is 2.03. The summed E-state index contributed by atoms with van der Waals surface area (Å²) in [5.41, 5.74) is 1.54. The zero-order valence-electron chi connectivity index (χ0n) is 12.3. The van der Waals surface area contributed by atoms with E-state index in [9.17, 15) is 4.79 Å². The van der Waals surface area contributed by atoms with E-state index in [1.165, 1.54) is 6.42 Å². The average Bonchev–Trinajstić information content (AvgIpc) is 3.07. The van der Waals surface area contributed by atoms with Crippen molar-refractivity contribution < 1.29 is 9.53 Å². The van der Waals surface area contributed by atoms with E-state index in [1.54, 1.807) is 17.1 Å². The van der Waals surface area contributed by atoms with Crippen LogP contribution in [-0.2, 0) is 4.74 Å². The molecule has 2 heterocycles. The van der Waals surface area contributed by atoms with Crippen molar-refractivity contribution in [2.45, 2.75) is 24.9 Å². The number of carbonyl (C=O) groups excluding carboxylic acids is 1. The molecule has 6 nitrogen and oxygen atoms in total. The molecule has 2 fully saturated rings. The van der Waals surface area contributed by atoms with Crippen LogP contribution in [0.5, 0.6) is 0 Å². The van der Waals surface area contributed by atoms with Crippen molar-refractivity contribution in [2.24, 2.45) is 0 Å². The zero-order chi connectivity index (χ0) is 15.0. The topological polar surface area (TPSA) is 60.2 Å². The second-order valence-corrected chi connectivity index (χ2v) is 6.01. The number of carbonyl (C=O) groups is 1. The number of benzene rings is 1. The Morgan fingerprint density at radius 3 is 2.68 bits per heavy atom. The van der Waals surface area contributed by atoms with E-state index >= 15 is 0 Å². The Balaban J connectivity index is 1.50. The largest absolute Gasteiger partial charge is 0.371 e. The molecule has 1 aliphatic heterocycles. The van der Waals surface area contributed by atoms with E-state index in [1.807, 2.05) is 29.2 Å². The van der Waals surface area contributed by atoms with Gasteiger partial charge < -0.3 is 9.64 Å². The fraction of sp³-hybridized carbons (Fsp3) is 0.438. The van der Waals surface area contributed by atoms with Crippen LogP contribution in [0.2, 0.25) is 0 Å². The van der Waals surface area contributed by atoms with Crippen LogP contribution in [0.25, 0.3) is 5.69 Å². The number of morpholine rings is 1. The molecule has 4 rings (SSSR count). The Morgan fingerprint density at radius 2 is 2.05 bits per heavy atom. The van der Waals surface area contributed by atoms with Gasteiger partial charge in [0, 0.05) is 12.1 Å². The van der Waals surface area contributed by atoms with Crippen LogP contribution in [0.4, 0.5) is 0 Å². The molecule has 0 radical (unpaired) electrons. The third-order valence-corrected chi connectivity index (χ3v) is 4.60. The Bertz CT molecular complexity index is 662. The second-order valence-electron chi connectivity index (χ2n) is 6.01. The summed E-state index contributed by atoms with van der Waals surface area (Å²) in [5, 5.41) is 7.73. The van der Waals surface area contributed by atoms with E-state index in [2.05, 4.69) is 10.3 Å². The van der Waals surface area contributed by atoms with Gasteiger partial charge in [0.15, 0.2) is 0 Å².